The molecule has 1 amide bonds. The van der Waals surface area contributed by atoms with Gasteiger partial charge in [-0.1, -0.05) is 12.1 Å². The summed E-state index contributed by atoms with van der Waals surface area (Å²) in [4.78, 5) is 13.3. The van der Waals surface area contributed by atoms with Gasteiger partial charge in [0.25, 0.3) is 5.91 Å². The minimum atomic E-state index is -2.82. The molecular weight excluding hydrogens is 287 g/mol. The first-order valence-electron chi connectivity index (χ1n) is 6.54. The van der Waals surface area contributed by atoms with E-state index >= 15 is 0 Å². The summed E-state index contributed by atoms with van der Waals surface area (Å²) in [5, 5.41) is 0. The van der Waals surface area contributed by atoms with Crippen LogP contribution in [-0.2, 0) is 20.9 Å². The van der Waals surface area contributed by atoms with Gasteiger partial charge in [-0.25, -0.2) is 4.39 Å². The summed E-state index contributed by atoms with van der Waals surface area (Å²) >= 11 is 0. The van der Waals surface area contributed by atoms with Gasteiger partial charge >= 0.3 is 6.61 Å². The Balaban J connectivity index is 1.72. The summed E-state index contributed by atoms with van der Waals surface area (Å²) < 4.78 is 46.3. The van der Waals surface area contributed by atoms with Gasteiger partial charge in [0.1, 0.15) is 11.9 Å². The van der Waals surface area contributed by atoms with Crippen LogP contribution < -0.4 is 0 Å². The number of hydrogen-bond donors (Lipinski definition) is 0. The van der Waals surface area contributed by atoms with E-state index in [1.165, 1.54) is 17.0 Å². The molecule has 1 atom stereocenters. The Labute approximate surface area is 120 Å². The van der Waals surface area contributed by atoms with Crippen LogP contribution in [0.15, 0.2) is 24.3 Å². The molecule has 1 aliphatic rings. The SMILES string of the molecule is CC(OCc1ccc(F)cc1)C(=O)N1CC(OC(F)F)C1. The molecule has 0 N–H and O–H groups in total. The first-order chi connectivity index (χ1) is 9.95. The smallest absolute Gasteiger partial charge is 0.345 e. The van der Waals surface area contributed by atoms with Crippen molar-refractivity contribution in [3.05, 3.63) is 35.6 Å². The largest absolute Gasteiger partial charge is 0.364 e. The maximum absolute atomic E-state index is 12.7. The Kier molecular flexibility index (Phi) is 5.19. The van der Waals surface area contributed by atoms with Crippen molar-refractivity contribution in [1.29, 1.82) is 0 Å². The molecule has 0 saturated carbocycles. The van der Waals surface area contributed by atoms with Crippen LogP contribution in [0.5, 0.6) is 0 Å². The molecule has 0 aliphatic carbocycles. The molecule has 116 valence electrons. The molecular formula is C14H16F3NO3. The van der Waals surface area contributed by atoms with E-state index in [4.69, 9.17) is 4.74 Å². The van der Waals surface area contributed by atoms with Crippen LogP contribution in [0.25, 0.3) is 0 Å². The number of rotatable bonds is 6. The van der Waals surface area contributed by atoms with Gasteiger partial charge in [0.15, 0.2) is 0 Å². The fraction of sp³-hybridized carbons (Fsp3) is 0.500. The highest BCUT2D eigenvalue weighted by Gasteiger charge is 2.35. The van der Waals surface area contributed by atoms with E-state index in [9.17, 15) is 18.0 Å². The van der Waals surface area contributed by atoms with E-state index < -0.39 is 18.8 Å². The minimum absolute atomic E-state index is 0.146. The number of nitrogens with zero attached hydrogens (tertiary/aromatic N) is 1. The highest BCUT2D eigenvalue weighted by atomic mass is 19.3. The molecule has 1 aliphatic heterocycles. The van der Waals surface area contributed by atoms with Crippen LogP contribution in [0.3, 0.4) is 0 Å². The third-order valence-corrected chi connectivity index (χ3v) is 3.22. The molecule has 1 unspecified atom stereocenters. The van der Waals surface area contributed by atoms with Gasteiger partial charge in [0.05, 0.1) is 12.7 Å². The van der Waals surface area contributed by atoms with Crippen molar-refractivity contribution in [3.8, 4) is 0 Å². The van der Waals surface area contributed by atoms with E-state index in [-0.39, 0.29) is 31.4 Å². The van der Waals surface area contributed by atoms with Crippen LogP contribution in [0.1, 0.15) is 12.5 Å². The van der Waals surface area contributed by atoms with Gasteiger partial charge in [-0.15, -0.1) is 0 Å². The van der Waals surface area contributed by atoms with Crippen molar-refractivity contribution >= 4 is 5.91 Å². The second-order valence-electron chi connectivity index (χ2n) is 4.84. The number of benzene rings is 1. The molecule has 0 radical (unpaired) electrons. The molecule has 7 heteroatoms. The van der Waals surface area contributed by atoms with E-state index in [1.807, 2.05) is 0 Å². The summed E-state index contributed by atoms with van der Waals surface area (Å²) in [5.41, 5.74) is 0.749. The number of halogens is 3. The molecule has 4 nitrogen and oxygen atoms in total. The summed E-state index contributed by atoms with van der Waals surface area (Å²) in [6.45, 7) is -0.759. The van der Waals surface area contributed by atoms with Crippen molar-refractivity contribution in [3.63, 3.8) is 0 Å². The lowest BCUT2D eigenvalue weighted by molar-refractivity contribution is -0.202. The van der Waals surface area contributed by atoms with Crippen molar-refractivity contribution in [1.82, 2.24) is 4.90 Å². The number of hydrogen-bond acceptors (Lipinski definition) is 3. The summed E-state index contributed by atoms with van der Waals surface area (Å²) in [6.07, 6.45) is -1.30. The predicted molar refractivity (Wildman–Crippen MR) is 68.1 cm³/mol. The predicted octanol–water partition coefficient (Wildman–Crippen LogP) is 2.18. The fourth-order valence-corrected chi connectivity index (χ4v) is 1.98. The molecule has 21 heavy (non-hydrogen) atoms. The van der Waals surface area contributed by atoms with Crippen molar-refractivity contribution < 1.29 is 27.4 Å². The van der Waals surface area contributed by atoms with Gasteiger partial charge in [-0.05, 0) is 24.6 Å². The van der Waals surface area contributed by atoms with E-state index in [0.717, 1.165) is 5.56 Å². The number of alkyl halides is 2. The van der Waals surface area contributed by atoms with E-state index in [2.05, 4.69) is 4.74 Å². The van der Waals surface area contributed by atoms with Gasteiger partial charge in [-0.2, -0.15) is 8.78 Å². The molecule has 0 bridgehead atoms. The maximum atomic E-state index is 12.7. The van der Waals surface area contributed by atoms with Crippen LogP contribution in [0, 0.1) is 5.82 Å². The summed E-state index contributed by atoms with van der Waals surface area (Å²) in [7, 11) is 0. The number of amides is 1. The van der Waals surface area contributed by atoms with Crippen LogP contribution >= 0.6 is 0 Å². The lowest BCUT2D eigenvalue weighted by Crippen LogP contribution is -2.57. The third kappa shape index (κ3) is 4.44. The first kappa shape index (κ1) is 15.8. The van der Waals surface area contributed by atoms with E-state index in [0.29, 0.717) is 0 Å². The van der Waals surface area contributed by atoms with Crippen LogP contribution in [0.2, 0.25) is 0 Å². The normalized spacial score (nSPS) is 16.9. The lowest BCUT2D eigenvalue weighted by Gasteiger charge is -2.39. The Morgan fingerprint density at radius 3 is 2.52 bits per heavy atom. The Bertz CT molecular complexity index is 475. The second-order valence-corrected chi connectivity index (χ2v) is 4.84. The van der Waals surface area contributed by atoms with Crippen LogP contribution in [0.4, 0.5) is 13.2 Å². The molecule has 0 spiro atoms. The standard InChI is InChI=1S/C14H16F3NO3/c1-9(20-8-10-2-4-11(15)5-3-10)13(19)18-6-12(7-18)21-14(16)17/h2-5,9,12,14H,6-8H2,1H3. The zero-order valence-corrected chi connectivity index (χ0v) is 11.5. The lowest BCUT2D eigenvalue weighted by atomic mass is 10.1. The molecule has 1 saturated heterocycles. The number of ether oxygens (including phenoxy) is 2. The quantitative estimate of drug-likeness (QED) is 0.808. The van der Waals surface area contributed by atoms with Gasteiger partial charge in [0, 0.05) is 13.1 Å². The molecule has 0 aromatic heterocycles. The topological polar surface area (TPSA) is 38.8 Å². The summed E-state index contributed by atoms with van der Waals surface area (Å²) in [6, 6.07) is 5.77. The fourth-order valence-electron chi connectivity index (χ4n) is 1.98. The van der Waals surface area contributed by atoms with Crippen molar-refractivity contribution in [2.24, 2.45) is 0 Å². The van der Waals surface area contributed by atoms with Gasteiger partial charge in [-0.3, -0.25) is 4.79 Å². The van der Waals surface area contributed by atoms with Crippen molar-refractivity contribution in [2.45, 2.75) is 32.4 Å². The number of carbonyl (C=O) groups is 1. The Morgan fingerprint density at radius 1 is 1.33 bits per heavy atom. The summed E-state index contributed by atoms with van der Waals surface area (Å²) in [5.74, 6) is -0.611. The minimum Gasteiger partial charge on any atom is -0.364 e. The zero-order chi connectivity index (χ0) is 15.4. The molecule has 1 fully saturated rings. The highest BCUT2D eigenvalue weighted by molar-refractivity contribution is 5.81. The van der Waals surface area contributed by atoms with Crippen LogP contribution in [-0.4, -0.2) is 42.7 Å². The molecule has 1 heterocycles. The monoisotopic (exact) mass is 303 g/mol. The second kappa shape index (κ2) is 6.91. The maximum Gasteiger partial charge on any atom is 0.345 e. The molecule has 1 aromatic carbocycles. The Hall–Kier alpha value is -1.60. The molecule has 2 rings (SSSR count). The Morgan fingerprint density at radius 2 is 1.95 bits per heavy atom. The number of likely N-dealkylation sites (tertiary alicyclic amines) is 1. The van der Waals surface area contributed by atoms with Crippen molar-refractivity contribution in [2.75, 3.05) is 13.1 Å². The number of carbonyl (C=O) groups excluding carboxylic acids is 1. The third-order valence-electron chi connectivity index (χ3n) is 3.22. The highest BCUT2D eigenvalue weighted by Crippen LogP contribution is 2.17. The first-order valence-corrected chi connectivity index (χ1v) is 6.54. The average molecular weight is 303 g/mol. The van der Waals surface area contributed by atoms with Gasteiger partial charge in [0.2, 0.25) is 0 Å². The van der Waals surface area contributed by atoms with Gasteiger partial charge < -0.3 is 14.4 Å². The van der Waals surface area contributed by atoms with E-state index in [1.54, 1.807) is 19.1 Å². The average Bonchev–Trinajstić information content (AvgIpc) is 2.40. The zero-order valence-electron chi connectivity index (χ0n) is 11.5. The molecule has 1 aromatic rings.